The van der Waals surface area contributed by atoms with E-state index in [9.17, 15) is 15.0 Å². The first kappa shape index (κ1) is 12.0. The number of benzene rings is 1. The van der Waals surface area contributed by atoms with E-state index in [1.54, 1.807) is 6.07 Å². The van der Waals surface area contributed by atoms with Crippen molar-refractivity contribution >= 4 is 5.97 Å². The van der Waals surface area contributed by atoms with Gasteiger partial charge in [-0.05, 0) is 17.7 Å². The number of carboxylic acid groups (broad SMARTS) is 1. The van der Waals surface area contributed by atoms with Gasteiger partial charge in [-0.15, -0.1) is 0 Å². The van der Waals surface area contributed by atoms with Gasteiger partial charge in [0.05, 0.1) is 5.56 Å². The third-order valence-electron chi connectivity index (χ3n) is 2.03. The lowest BCUT2D eigenvalue weighted by molar-refractivity contribution is -0.153. The molecule has 0 aliphatic heterocycles. The van der Waals surface area contributed by atoms with Crippen LogP contribution in [0.1, 0.15) is 17.2 Å². The summed E-state index contributed by atoms with van der Waals surface area (Å²) in [5.41, 5.74) is -0.0570. The highest BCUT2D eigenvalue weighted by Crippen LogP contribution is 2.23. The van der Waals surface area contributed by atoms with Gasteiger partial charge < -0.3 is 20.4 Å². The summed E-state index contributed by atoms with van der Waals surface area (Å²) in [6, 6.07) is 5.16. The average Bonchev–Trinajstić information content (AvgIpc) is 2.27. The molecule has 2 atom stereocenters. The van der Waals surface area contributed by atoms with Gasteiger partial charge in [-0.3, -0.25) is 0 Å². The number of aliphatic hydroxyl groups excluding tert-OH is 2. The maximum absolute atomic E-state index is 10.4. The van der Waals surface area contributed by atoms with Gasteiger partial charge in [-0.25, -0.2) is 4.79 Å². The van der Waals surface area contributed by atoms with E-state index in [-0.39, 0.29) is 16.9 Å². The van der Waals surface area contributed by atoms with Crippen molar-refractivity contribution in [1.29, 1.82) is 5.26 Å². The predicted octanol–water partition coefficient (Wildman–Crippen LogP) is -0.257. The Morgan fingerprint density at radius 1 is 1.38 bits per heavy atom. The molecule has 16 heavy (non-hydrogen) atoms. The highest BCUT2D eigenvalue weighted by Gasteiger charge is 2.25. The van der Waals surface area contributed by atoms with E-state index in [0.29, 0.717) is 0 Å². The molecule has 1 aromatic carbocycles. The van der Waals surface area contributed by atoms with Gasteiger partial charge in [0.25, 0.3) is 0 Å². The monoisotopic (exact) mass is 223 g/mol. The summed E-state index contributed by atoms with van der Waals surface area (Å²) in [5, 5.41) is 44.8. The SMILES string of the molecule is N#Cc1cc(C(O)C(O)C(=O)O)ccc1O. The molecule has 0 saturated heterocycles. The molecule has 0 saturated carbocycles. The van der Waals surface area contributed by atoms with E-state index in [1.807, 2.05) is 0 Å². The topological polar surface area (TPSA) is 122 Å². The van der Waals surface area contributed by atoms with Crippen molar-refractivity contribution in [2.45, 2.75) is 12.2 Å². The number of nitriles is 1. The summed E-state index contributed by atoms with van der Waals surface area (Å²) < 4.78 is 0. The van der Waals surface area contributed by atoms with Gasteiger partial charge in [0.2, 0.25) is 0 Å². The van der Waals surface area contributed by atoms with E-state index in [2.05, 4.69) is 0 Å². The van der Waals surface area contributed by atoms with Crippen LogP contribution in [0.3, 0.4) is 0 Å². The Bertz CT molecular complexity index is 451. The molecule has 0 aliphatic rings. The van der Waals surface area contributed by atoms with Crippen molar-refractivity contribution in [1.82, 2.24) is 0 Å². The minimum atomic E-state index is -1.98. The number of rotatable bonds is 3. The fourth-order valence-electron chi connectivity index (χ4n) is 1.14. The van der Waals surface area contributed by atoms with Crippen molar-refractivity contribution in [3.63, 3.8) is 0 Å². The maximum Gasteiger partial charge on any atom is 0.335 e. The summed E-state index contributed by atoms with van der Waals surface area (Å²) in [5.74, 6) is -1.85. The van der Waals surface area contributed by atoms with Crippen LogP contribution in [0, 0.1) is 11.3 Å². The normalized spacial score (nSPS) is 13.8. The lowest BCUT2D eigenvalue weighted by atomic mass is 10.0. The number of carboxylic acids is 1. The summed E-state index contributed by atoms with van der Waals surface area (Å²) in [6.07, 6.45) is -3.62. The van der Waals surface area contributed by atoms with Crippen molar-refractivity contribution in [3.8, 4) is 11.8 Å². The first-order chi connectivity index (χ1) is 7.47. The number of nitrogens with zero attached hydrogens (tertiary/aromatic N) is 1. The van der Waals surface area contributed by atoms with Crippen LogP contribution in [0.25, 0.3) is 0 Å². The van der Waals surface area contributed by atoms with Crippen LogP contribution in [0.15, 0.2) is 18.2 Å². The Hall–Kier alpha value is -2.10. The fourth-order valence-corrected chi connectivity index (χ4v) is 1.14. The van der Waals surface area contributed by atoms with Crippen LogP contribution in [-0.2, 0) is 4.79 Å². The number of hydrogen-bond acceptors (Lipinski definition) is 5. The Morgan fingerprint density at radius 2 is 2.00 bits per heavy atom. The van der Waals surface area contributed by atoms with Crippen molar-refractivity contribution in [2.75, 3.05) is 0 Å². The highest BCUT2D eigenvalue weighted by atomic mass is 16.4. The van der Waals surface area contributed by atoms with Gasteiger partial charge in [-0.2, -0.15) is 5.26 Å². The first-order valence-electron chi connectivity index (χ1n) is 4.29. The molecule has 84 valence electrons. The van der Waals surface area contributed by atoms with E-state index in [0.717, 1.165) is 12.1 Å². The molecule has 0 aromatic heterocycles. The van der Waals surface area contributed by atoms with Crippen LogP contribution in [0.4, 0.5) is 0 Å². The van der Waals surface area contributed by atoms with Crippen LogP contribution in [0.2, 0.25) is 0 Å². The van der Waals surface area contributed by atoms with Crippen LogP contribution in [-0.4, -0.2) is 32.5 Å². The molecule has 4 N–H and O–H groups in total. The van der Waals surface area contributed by atoms with Crippen molar-refractivity contribution < 1.29 is 25.2 Å². The Labute approximate surface area is 90.6 Å². The zero-order valence-corrected chi connectivity index (χ0v) is 8.03. The van der Waals surface area contributed by atoms with Gasteiger partial charge >= 0.3 is 5.97 Å². The second-order valence-electron chi connectivity index (χ2n) is 3.12. The largest absolute Gasteiger partial charge is 0.507 e. The summed E-state index contributed by atoms with van der Waals surface area (Å²) in [6.45, 7) is 0. The van der Waals surface area contributed by atoms with Gasteiger partial charge in [0.15, 0.2) is 6.10 Å². The molecule has 6 heteroatoms. The van der Waals surface area contributed by atoms with Crippen molar-refractivity contribution in [2.24, 2.45) is 0 Å². The van der Waals surface area contributed by atoms with E-state index >= 15 is 0 Å². The third kappa shape index (κ3) is 2.28. The molecular weight excluding hydrogens is 214 g/mol. The van der Waals surface area contributed by atoms with Crippen LogP contribution in [0.5, 0.6) is 5.75 Å². The number of aromatic hydroxyl groups is 1. The van der Waals surface area contributed by atoms with Gasteiger partial charge in [-0.1, -0.05) is 6.07 Å². The fraction of sp³-hybridized carbons (Fsp3) is 0.200. The average molecular weight is 223 g/mol. The standard InChI is InChI=1S/C10H9NO5/c11-4-6-3-5(1-2-7(6)12)8(13)9(14)10(15)16/h1-3,8-9,12-14H,(H,15,16). The van der Waals surface area contributed by atoms with Crippen LogP contribution >= 0.6 is 0 Å². The van der Waals surface area contributed by atoms with E-state index in [4.69, 9.17) is 15.5 Å². The Kier molecular flexibility index (Phi) is 3.45. The predicted molar refractivity (Wildman–Crippen MR) is 51.4 cm³/mol. The molecule has 1 aromatic rings. The molecule has 0 bridgehead atoms. The smallest absolute Gasteiger partial charge is 0.335 e. The molecule has 0 spiro atoms. The molecular formula is C10H9NO5. The molecule has 2 unspecified atom stereocenters. The molecule has 0 fully saturated rings. The highest BCUT2D eigenvalue weighted by molar-refractivity contribution is 5.73. The van der Waals surface area contributed by atoms with Crippen molar-refractivity contribution in [3.05, 3.63) is 29.3 Å². The minimum Gasteiger partial charge on any atom is -0.507 e. The molecule has 1 rings (SSSR count). The number of aliphatic carboxylic acids is 1. The molecule has 6 nitrogen and oxygen atoms in total. The zero-order valence-electron chi connectivity index (χ0n) is 8.03. The Morgan fingerprint density at radius 3 is 2.50 bits per heavy atom. The number of phenolic OH excluding ortho intramolecular Hbond substituents is 1. The van der Waals surface area contributed by atoms with Crippen LogP contribution < -0.4 is 0 Å². The quantitative estimate of drug-likeness (QED) is 0.560. The van der Waals surface area contributed by atoms with E-state index < -0.39 is 18.2 Å². The number of carbonyl (C=O) groups is 1. The summed E-state index contributed by atoms with van der Waals surface area (Å²) in [7, 11) is 0. The number of phenols is 1. The lowest BCUT2D eigenvalue weighted by Gasteiger charge is -2.14. The summed E-state index contributed by atoms with van der Waals surface area (Å²) in [4.78, 5) is 10.4. The molecule has 0 aliphatic carbocycles. The maximum atomic E-state index is 10.4. The summed E-state index contributed by atoms with van der Waals surface area (Å²) >= 11 is 0. The molecule has 0 radical (unpaired) electrons. The third-order valence-corrected chi connectivity index (χ3v) is 2.03. The first-order valence-corrected chi connectivity index (χ1v) is 4.29. The zero-order chi connectivity index (χ0) is 12.3. The molecule has 0 amide bonds. The second-order valence-corrected chi connectivity index (χ2v) is 3.12. The second kappa shape index (κ2) is 4.61. The lowest BCUT2D eigenvalue weighted by Crippen LogP contribution is -2.27. The van der Waals surface area contributed by atoms with E-state index in [1.165, 1.54) is 6.07 Å². The Balaban J connectivity index is 3.06. The minimum absolute atomic E-state index is 0.0456. The number of hydrogen-bond donors (Lipinski definition) is 4. The van der Waals surface area contributed by atoms with Gasteiger partial charge in [0, 0.05) is 0 Å². The number of aliphatic hydroxyl groups is 2. The van der Waals surface area contributed by atoms with Gasteiger partial charge in [0.1, 0.15) is 17.9 Å². The molecule has 0 heterocycles.